The SMILES string of the molecule is CCC(C)N(CC)CC(NC)c1ccc(OC)cc1OC. The molecule has 0 radical (unpaired) electrons. The first kappa shape index (κ1) is 17.8. The summed E-state index contributed by atoms with van der Waals surface area (Å²) in [4.78, 5) is 2.49. The first-order valence-corrected chi connectivity index (χ1v) is 7.74. The van der Waals surface area contributed by atoms with E-state index in [1.165, 1.54) is 5.56 Å². The van der Waals surface area contributed by atoms with Gasteiger partial charge in [-0.2, -0.15) is 0 Å². The largest absolute Gasteiger partial charge is 0.497 e. The molecule has 0 saturated carbocycles. The van der Waals surface area contributed by atoms with Crippen LogP contribution in [-0.2, 0) is 0 Å². The van der Waals surface area contributed by atoms with Gasteiger partial charge in [0.25, 0.3) is 0 Å². The molecule has 0 amide bonds. The Morgan fingerprint density at radius 2 is 1.90 bits per heavy atom. The zero-order valence-electron chi connectivity index (χ0n) is 14.3. The number of rotatable bonds is 9. The molecule has 0 aliphatic rings. The zero-order valence-corrected chi connectivity index (χ0v) is 14.3. The number of nitrogens with zero attached hydrogens (tertiary/aromatic N) is 1. The summed E-state index contributed by atoms with van der Waals surface area (Å²) in [6.45, 7) is 8.73. The van der Waals surface area contributed by atoms with Crippen LogP contribution in [0.5, 0.6) is 11.5 Å². The highest BCUT2D eigenvalue weighted by Crippen LogP contribution is 2.30. The Labute approximate surface area is 129 Å². The molecule has 0 saturated heterocycles. The fourth-order valence-corrected chi connectivity index (χ4v) is 2.56. The van der Waals surface area contributed by atoms with E-state index in [2.05, 4.69) is 37.1 Å². The van der Waals surface area contributed by atoms with Crippen LogP contribution >= 0.6 is 0 Å². The molecule has 1 N–H and O–H groups in total. The summed E-state index contributed by atoms with van der Waals surface area (Å²) >= 11 is 0. The number of methoxy groups -OCH3 is 2. The Morgan fingerprint density at radius 1 is 1.19 bits per heavy atom. The number of hydrogen-bond donors (Lipinski definition) is 1. The summed E-state index contributed by atoms with van der Waals surface area (Å²) < 4.78 is 10.8. The summed E-state index contributed by atoms with van der Waals surface area (Å²) in [5.41, 5.74) is 1.17. The smallest absolute Gasteiger partial charge is 0.127 e. The van der Waals surface area contributed by atoms with Crippen molar-refractivity contribution in [1.29, 1.82) is 0 Å². The van der Waals surface area contributed by atoms with Crippen molar-refractivity contribution >= 4 is 0 Å². The topological polar surface area (TPSA) is 33.7 Å². The predicted molar refractivity (Wildman–Crippen MR) is 88.3 cm³/mol. The minimum atomic E-state index is 0.236. The molecule has 0 aromatic heterocycles. The number of ether oxygens (including phenoxy) is 2. The van der Waals surface area contributed by atoms with Gasteiger partial charge in [-0.15, -0.1) is 0 Å². The standard InChI is InChI=1S/C17H30N2O2/c1-7-13(3)19(8-2)12-16(18-4)15-10-9-14(20-5)11-17(15)21-6/h9-11,13,16,18H,7-8,12H2,1-6H3. The summed E-state index contributed by atoms with van der Waals surface area (Å²) in [6.07, 6.45) is 1.16. The number of nitrogens with one attached hydrogen (secondary N) is 1. The van der Waals surface area contributed by atoms with Crippen LogP contribution in [0.3, 0.4) is 0 Å². The van der Waals surface area contributed by atoms with E-state index in [0.29, 0.717) is 6.04 Å². The zero-order chi connectivity index (χ0) is 15.8. The summed E-state index contributed by atoms with van der Waals surface area (Å²) in [6, 6.07) is 6.83. The molecule has 0 fully saturated rings. The maximum absolute atomic E-state index is 5.53. The average molecular weight is 294 g/mol. The lowest BCUT2D eigenvalue weighted by Gasteiger charge is -2.31. The van der Waals surface area contributed by atoms with E-state index in [0.717, 1.165) is 31.0 Å². The van der Waals surface area contributed by atoms with E-state index < -0.39 is 0 Å². The van der Waals surface area contributed by atoms with Gasteiger partial charge in [-0.3, -0.25) is 4.90 Å². The summed E-state index contributed by atoms with van der Waals surface area (Å²) in [7, 11) is 5.38. The maximum Gasteiger partial charge on any atom is 0.127 e. The monoisotopic (exact) mass is 294 g/mol. The van der Waals surface area contributed by atoms with Crippen LogP contribution in [0.25, 0.3) is 0 Å². The third-order valence-corrected chi connectivity index (χ3v) is 4.20. The van der Waals surface area contributed by atoms with Crippen molar-refractivity contribution in [3.8, 4) is 11.5 Å². The molecule has 0 bridgehead atoms. The van der Waals surface area contributed by atoms with Gasteiger partial charge < -0.3 is 14.8 Å². The van der Waals surface area contributed by atoms with E-state index in [9.17, 15) is 0 Å². The van der Waals surface area contributed by atoms with Crippen LogP contribution in [0.15, 0.2) is 18.2 Å². The van der Waals surface area contributed by atoms with Crippen LogP contribution in [0.1, 0.15) is 38.8 Å². The molecule has 120 valence electrons. The second-order valence-electron chi connectivity index (χ2n) is 5.29. The van der Waals surface area contributed by atoms with Gasteiger partial charge in [-0.25, -0.2) is 0 Å². The van der Waals surface area contributed by atoms with Crippen LogP contribution < -0.4 is 14.8 Å². The minimum absolute atomic E-state index is 0.236. The summed E-state index contributed by atoms with van der Waals surface area (Å²) in [5, 5.41) is 3.41. The van der Waals surface area contributed by atoms with Crippen molar-refractivity contribution in [2.45, 2.75) is 39.3 Å². The third-order valence-electron chi connectivity index (χ3n) is 4.20. The third kappa shape index (κ3) is 4.61. The van der Waals surface area contributed by atoms with E-state index in [1.807, 2.05) is 19.2 Å². The van der Waals surface area contributed by atoms with Gasteiger partial charge in [0.15, 0.2) is 0 Å². The Morgan fingerprint density at radius 3 is 2.38 bits per heavy atom. The van der Waals surface area contributed by atoms with Crippen molar-refractivity contribution in [2.75, 3.05) is 34.4 Å². The molecule has 1 rings (SSSR count). The van der Waals surface area contributed by atoms with Gasteiger partial charge in [-0.1, -0.05) is 19.9 Å². The Bertz CT molecular complexity index is 423. The van der Waals surface area contributed by atoms with E-state index in [1.54, 1.807) is 14.2 Å². The van der Waals surface area contributed by atoms with Gasteiger partial charge in [0.2, 0.25) is 0 Å². The molecular formula is C17H30N2O2. The Kier molecular flexibility index (Phi) is 7.54. The van der Waals surface area contributed by atoms with Crippen molar-refractivity contribution in [3.05, 3.63) is 23.8 Å². The molecule has 2 unspecified atom stereocenters. The van der Waals surface area contributed by atoms with E-state index in [-0.39, 0.29) is 6.04 Å². The first-order valence-electron chi connectivity index (χ1n) is 7.74. The highest BCUT2D eigenvalue weighted by molar-refractivity contribution is 5.42. The fraction of sp³-hybridized carbons (Fsp3) is 0.647. The van der Waals surface area contributed by atoms with Crippen LogP contribution in [0.2, 0.25) is 0 Å². The highest BCUT2D eigenvalue weighted by atomic mass is 16.5. The Balaban J connectivity index is 2.98. The molecule has 0 spiro atoms. The lowest BCUT2D eigenvalue weighted by Crippen LogP contribution is -2.39. The molecule has 1 aromatic carbocycles. The lowest BCUT2D eigenvalue weighted by molar-refractivity contribution is 0.193. The van der Waals surface area contributed by atoms with Gasteiger partial charge in [0.05, 0.1) is 14.2 Å². The van der Waals surface area contributed by atoms with Crippen LogP contribution in [0.4, 0.5) is 0 Å². The Hall–Kier alpha value is -1.26. The molecular weight excluding hydrogens is 264 g/mol. The van der Waals surface area contributed by atoms with Gasteiger partial charge in [0.1, 0.15) is 11.5 Å². The maximum atomic E-state index is 5.53. The van der Waals surface area contributed by atoms with Crippen molar-refractivity contribution < 1.29 is 9.47 Å². The van der Waals surface area contributed by atoms with Crippen molar-refractivity contribution in [2.24, 2.45) is 0 Å². The molecule has 2 atom stereocenters. The number of likely N-dealkylation sites (N-methyl/N-ethyl adjacent to an activating group) is 2. The van der Waals surface area contributed by atoms with Crippen LogP contribution in [0, 0.1) is 0 Å². The molecule has 0 aliphatic carbocycles. The molecule has 1 aromatic rings. The summed E-state index contributed by atoms with van der Waals surface area (Å²) in [5.74, 6) is 1.69. The van der Waals surface area contributed by atoms with E-state index >= 15 is 0 Å². The molecule has 0 heterocycles. The normalized spacial score (nSPS) is 14.0. The lowest BCUT2D eigenvalue weighted by atomic mass is 10.0. The van der Waals surface area contributed by atoms with Gasteiger partial charge in [0, 0.05) is 30.3 Å². The van der Waals surface area contributed by atoms with E-state index in [4.69, 9.17) is 9.47 Å². The second kappa shape index (κ2) is 8.90. The predicted octanol–water partition coefficient (Wildman–Crippen LogP) is 3.08. The molecule has 4 nitrogen and oxygen atoms in total. The molecule has 21 heavy (non-hydrogen) atoms. The quantitative estimate of drug-likeness (QED) is 0.759. The second-order valence-corrected chi connectivity index (χ2v) is 5.29. The molecule has 4 heteroatoms. The number of benzene rings is 1. The van der Waals surface area contributed by atoms with Crippen LogP contribution in [-0.4, -0.2) is 45.3 Å². The fourth-order valence-electron chi connectivity index (χ4n) is 2.56. The van der Waals surface area contributed by atoms with Gasteiger partial charge in [-0.05, 0) is 33.0 Å². The van der Waals surface area contributed by atoms with Crippen molar-refractivity contribution in [1.82, 2.24) is 10.2 Å². The van der Waals surface area contributed by atoms with Crippen molar-refractivity contribution in [3.63, 3.8) is 0 Å². The molecule has 0 aliphatic heterocycles. The first-order chi connectivity index (χ1) is 10.1. The highest BCUT2D eigenvalue weighted by Gasteiger charge is 2.20. The van der Waals surface area contributed by atoms with Gasteiger partial charge >= 0.3 is 0 Å². The minimum Gasteiger partial charge on any atom is -0.497 e. The average Bonchev–Trinajstić information content (AvgIpc) is 2.54. The number of hydrogen-bond acceptors (Lipinski definition) is 4.